The van der Waals surface area contributed by atoms with Crippen LogP contribution in [0.2, 0.25) is 0 Å². The molecule has 4 N–H and O–H groups in total. The minimum Gasteiger partial charge on any atom is -0.481 e. The van der Waals surface area contributed by atoms with Gasteiger partial charge in [-0.3, -0.25) is 14.4 Å². The Balaban J connectivity index is 2.81. The summed E-state index contributed by atoms with van der Waals surface area (Å²) < 4.78 is 0. The van der Waals surface area contributed by atoms with Crippen LogP contribution in [0.5, 0.6) is 0 Å². The van der Waals surface area contributed by atoms with Crippen LogP contribution in [0.1, 0.15) is 12.8 Å². The standard InChI is InChI=1S/C11H17N3O4/c1-2-3-7(12)11(18)14-5-4-13-10(17)8(14)6-9(15)16/h2,7-8H,1,3-6,12H2,(H,13,17)(H,15,16). The van der Waals surface area contributed by atoms with Gasteiger partial charge in [-0.25, -0.2) is 0 Å². The highest BCUT2D eigenvalue weighted by molar-refractivity contribution is 5.93. The highest BCUT2D eigenvalue weighted by atomic mass is 16.4. The molecule has 0 aliphatic carbocycles. The van der Waals surface area contributed by atoms with Crippen LogP contribution >= 0.6 is 0 Å². The van der Waals surface area contributed by atoms with Crippen molar-refractivity contribution in [1.29, 1.82) is 0 Å². The number of piperazine rings is 1. The monoisotopic (exact) mass is 255 g/mol. The van der Waals surface area contributed by atoms with Gasteiger partial charge in [0.1, 0.15) is 6.04 Å². The molecule has 1 heterocycles. The fraction of sp³-hybridized carbons (Fsp3) is 0.545. The fourth-order valence-corrected chi connectivity index (χ4v) is 1.84. The van der Waals surface area contributed by atoms with E-state index in [4.69, 9.17) is 10.8 Å². The molecule has 18 heavy (non-hydrogen) atoms. The third-order valence-electron chi connectivity index (χ3n) is 2.72. The molecule has 0 aromatic rings. The van der Waals surface area contributed by atoms with Crippen LogP contribution in [-0.4, -0.2) is 53.0 Å². The summed E-state index contributed by atoms with van der Waals surface area (Å²) in [5.41, 5.74) is 5.66. The molecule has 100 valence electrons. The zero-order valence-corrected chi connectivity index (χ0v) is 9.96. The van der Waals surface area contributed by atoms with Crippen LogP contribution in [0.15, 0.2) is 12.7 Å². The molecule has 1 fully saturated rings. The summed E-state index contributed by atoms with van der Waals surface area (Å²) in [6.45, 7) is 4.06. The summed E-state index contributed by atoms with van der Waals surface area (Å²) in [6.07, 6.45) is 1.38. The van der Waals surface area contributed by atoms with Crippen LogP contribution in [0.3, 0.4) is 0 Å². The summed E-state index contributed by atoms with van der Waals surface area (Å²) in [7, 11) is 0. The second-order valence-electron chi connectivity index (χ2n) is 4.07. The predicted molar refractivity (Wildman–Crippen MR) is 63.6 cm³/mol. The van der Waals surface area contributed by atoms with Crippen molar-refractivity contribution in [2.75, 3.05) is 13.1 Å². The maximum atomic E-state index is 12.0. The predicted octanol–water partition coefficient (Wildman–Crippen LogP) is -1.31. The minimum atomic E-state index is -1.13. The van der Waals surface area contributed by atoms with Gasteiger partial charge in [0.25, 0.3) is 0 Å². The maximum absolute atomic E-state index is 12.0. The van der Waals surface area contributed by atoms with E-state index in [0.29, 0.717) is 6.54 Å². The Bertz CT molecular complexity index is 369. The highest BCUT2D eigenvalue weighted by Crippen LogP contribution is 2.11. The van der Waals surface area contributed by atoms with Gasteiger partial charge in [0.2, 0.25) is 11.8 Å². The first-order valence-electron chi connectivity index (χ1n) is 5.63. The molecular formula is C11H17N3O4. The smallest absolute Gasteiger partial charge is 0.305 e. The number of nitrogens with two attached hydrogens (primary N) is 1. The average molecular weight is 255 g/mol. The van der Waals surface area contributed by atoms with E-state index in [1.54, 1.807) is 0 Å². The van der Waals surface area contributed by atoms with Crippen molar-refractivity contribution in [2.24, 2.45) is 5.73 Å². The molecule has 0 radical (unpaired) electrons. The van der Waals surface area contributed by atoms with E-state index >= 15 is 0 Å². The number of carbonyl (C=O) groups is 3. The molecule has 1 aliphatic heterocycles. The lowest BCUT2D eigenvalue weighted by atomic mass is 10.1. The molecule has 1 saturated heterocycles. The van der Waals surface area contributed by atoms with Crippen molar-refractivity contribution in [3.05, 3.63) is 12.7 Å². The van der Waals surface area contributed by atoms with E-state index in [2.05, 4.69) is 11.9 Å². The van der Waals surface area contributed by atoms with Gasteiger partial charge in [-0.2, -0.15) is 0 Å². The normalized spacial score (nSPS) is 21.1. The van der Waals surface area contributed by atoms with E-state index < -0.39 is 36.3 Å². The summed E-state index contributed by atoms with van der Waals surface area (Å²) >= 11 is 0. The van der Waals surface area contributed by atoms with Crippen LogP contribution in [0, 0.1) is 0 Å². The molecule has 0 spiro atoms. The lowest BCUT2D eigenvalue weighted by Crippen LogP contribution is -2.60. The Kier molecular flexibility index (Phi) is 4.85. The van der Waals surface area contributed by atoms with E-state index in [-0.39, 0.29) is 13.0 Å². The first kappa shape index (κ1) is 14.2. The maximum Gasteiger partial charge on any atom is 0.305 e. The molecule has 1 aliphatic rings. The van der Waals surface area contributed by atoms with Crippen molar-refractivity contribution < 1.29 is 19.5 Å². The average Bonchev–Trinajstić information content (AvgIpc) is 2.30. The molecule has 2 unspecified atom stereocenters. The molecule has 0 aromatic carbocycles. The lowest BCUT2D eigenvalue weighted by molar-refractivity contribution is -0.149. The van der Waals surface area contributed by atoms with Crippen molar-refractivity contribution in [3.8, 4) is 0 Å². The van der Waals surface area contributed by atoms with Crippen LogP contribution in [-0.2, 0) is 14.4 Å². The van der Waals surface area contributed by atoms with Crippen molar-refractivity contribution in [2.45, 2.75) is 24.9 Å². The number of nitrogens with zero attached hydrogens (tertiary/aromatic N) is 1. The van der Waals surface area contributed by atoms with E-state index in [1.165, 1.54) is 11.0 Å². The third kappa shape index (κ3) is 3.30. The molecule has 0 bridgehead atoms. The molecule has 0 saturated carbocycles. The van der Waals surface area contributed by atoms with Crippen molar-refractivity contribution in [3.63, 3.8) is 0 Å². The van der Waals surface area contributed by atoms with Gasteiger partial charge in [0.05, 0.1) is 12.5 Å². The van der Waals surface area contributed by atoms with Gasteiger partial charge in [-0.1, -0.05) is 6.08 Å². The first-order valence-corrected chi connectivity index (χ1v) is 5.63. The number of carboxylic acid groups (broad SMARTS) is 1. The van der Waals surface area contributed by atoms with Crippen molar-refractivity contribution >= 4 is 17.8 Å². The number of amides is 2. The number of hydrogen-bond acceptors (Lipinski definition) is 4. The van der Waals surface area contributed by atoms with Gasteiger partial charge in [0.15, 0.2) is 0 Å². The quantitative estimate of drug-likeness (QED) is 0.528. The van der Waals surface area contributed by atoms with E-state index in [0.717, 1.165) is 0 Å². The number of carboxylic acids is 1. The fourth-order valence-electron chi connectivity index (χ4n) is 1.84. The minimum absolute atomic E-state index is 0.271. The van der Waals surface area contributed by atoms with Gasteiger partial charge >= 0.3 is 5.97 Å². The molecular weight excluding hydrogens is 238 g/mol. The molecule has 7 heteroatoms. The van der Waals surface area contributed by atoms with E-state index in [9.17, 15) is 14.4 Å². The van der Waals surface area contributed by atoms with Gasteiger partial charge in [-0.15, -0.1) is 6.58 Å². The first-order chi connectivity index (χ1) is 8.47. The topological polar surface area (TPSA) is 113 Å². The van der Waals surface area contributed by atoms with E-state index in [1.807, 2.05) is 0 Å². The zero-order valence-electron chi connectivity index (χ0n) is 9.96. The molecule has 1 rings (SSSR count). The summed E-state index contributed by atoms with van der Waals surface area (Å²) in [5, 5.41) is 11.3. The van der Waals surface area contributed by atoms with Gasteiger partial charge in [0, 0.05) is 13.1 Å². The Morgan fingerprint density at radius 3 is 2.89 bits per heavy atom. The number of hydrogen-bond donors (Lipinski definition) is 3. The van der Waals surface area contributed by atoms with Gasteiger partial charge < -0.3 is 21.1 Å². The number of rotatable bonds is 5. The summed E-state index contributed by atoms with van der Waals surface area (Å²) in [4.78, 5) is 35.6. The van der Waals surface area contributed by atoms with Crippen LogP contribution in [0.25, 0.3) is 0 Å². The largest absolute Gasteiger partial charge is 0.481 e. The molecule has 0 aromatic heterocycles. The van der Waals surface area contributed by atoms with Crippen LogP contribution < -0.4 is 11.1 Å². The second-order valence-corrected chi connectivity index (χ2v) is 4.07. The Hall–Kier alpha value is -1.89. The highest BCUT2D eigenvalue weighted by Gasteiger charge is 2.36. The third-order valence-corrected chi connectivity index (χ3v) is 2.72. The second kappa shape index (κ2) is 6.15. The van der Waals surface area contributed by atoms with Gasteiger partial charge in [-0.05, 0) is 6.42 Å². The summed E-state index contributed by atoms with van der Waals surface area (Å²) in [6, 6.07) is -1.77. The molecule has 2 atom stereocenters. The Morgan fingerprint density at radius 1 is 1.67 bits per heavy atom. The number of carbonyl (C=O) groups excluding carboxylic acids is 2. The lowest BCUT2D eigenvalue weighted by Gasteiger charge is -2.35. The Morgan fingerprint density at radius 2 is 2.33 bits per heavy atom. The van der Waals surface area contributed by atoms with Crippen molar-refractivity contribution in [1.82, 2.24) is 10.2 Å². The SMILES string of the molecule is C=CCC(N)C(=O)N1CCNC(=O)C1CC(=O)O. The van der Waals surface area contributed by atoms with Crippen LogP contribution in [0.4, 0.5) is 0 Å². The number of aliphatic carboxylic acids is 1. The molecule has 2 amide bonds. The zero-order chi connectivity index (χ0) is 13.7. The summed E-state index contributed by atoms with van der Waals surface area (Å²) in [5.74, 6) is -2.01. The number of nitrogens with one attached hydrogen (secondary N) is 1. The Labute approximate surface area is 105 Å². The molecule has 7 nitrogen and oxygen atoms in total.